The van der Waals surface area contributed by atoms with E-state index in [1.807, 2.05) is 0 Å². The molecule has 0 aliphatic rings. The third-order valence-electron chi connectivity index (χ3n) is 2.81. The van der Waals surface area contributed by atoms with Gasteiger partial charge in [0.1, 0.15) is 0 Å². The summed E-state index contributed by atoms with van der Waals surface area (Å²) in [6.45, 7) is 0. The topological polar surface area (TPSA) is 78.6 Å². The number of nitrogens with two attached hydrogens (primary N) is 1. The Bertz CT molecular complexity index is 664. The van der Waals surface area contributed by atoms with Gasteiger partial charge >= 0.3 is 11.9 Å². The maximum absolute atomic E-state index is 11.7. The monoisotopic (exact) mass is 259 g/mol. The molecular weight excluding hydrogens is 246 g/mol. The number of fused-ring (bicyclic) bond motifs is 1. The average Bonchev–Trinajstić information content (AvgIpc) is 2.44. The van der Waals surface area contributed by atoms with Crippen LogP contribution in [0.2, 0.25) is 0 Å². The van der Waals surface area contributed by atoms with Gasteiger partial charge in [-0.3, -0.25) is 0 Å². The number of ether oxygens (including phenoxy) is 2. The molecule has 2 aromatic rings. The largest absolute Gasteiger partial charge is 0.465 e. The van der Waals surface area contributed by atoms with Crippen molar-refractivity contribution in [1.29, 1.82) is 0 Å². The summed E-state index contributed by atoms with van der Waals surface area (Å²) in [6, 6.07) is 8.39. The molecule has 19 heavy (non-hydrogen) atoms. The van der Waals surface area contributed by atoms with Crippen LogP contribution in [0.4, 0.5) is 5.69 Å². The van der Waals surface area contributed by atoms with Crippen LogP contribution in [0.25, 0.3) is 10.8 Å². The number of nitrogen functional groups attached to an aromatic ring is 1. The second kappa shape index (κ2) is 4.97. The molecule has 0 unspecified atom stereocenters. The van der Waals surface area contributed by atoms with Crippen molar-refractivity contribution >= 4 is 28.4 Å². The Morgan fingerprint density at radius 3 is 1.95 bits per heavy atom. The van der Waals surface area contributed by atoms with Gasteiger partial charge in [-0.05, 0) is 35.0 Å². The van der Waals surface area contributed by atoms with Crippen LogP contribution < -0.4 is 5.73 Å². The molecule has 0 radical (unpaired) electrons. The molecule has 0 heterocycles. The van der Waals surface area contributed by atoms with Gasteiger partial charge in [-0.15, -0.1) is 0 Å². The Balaban J connectivity index is 2.73. The van der Waals surface area contributed by atoms with Crippen LogP contribution in [0.15, 0.2) is 30.3 Å². The summed E-state index contributed by atoms with van der Waals surface area (Å²) in [5.74, 6) is -1.18. The number of hydrogen-bond acceptors (Lipinski definition) is 5. The lowest BCUT2D eigenvalue weighted by atomic mass is 10.0. The maximum atomic E-state index is 11.7. The van der Waals surface area contributed by atoms with Crippen molar-refractivity contribution in [3.8, 4) is 0 Å². The van der Waals surface area contributed by atoms with Crippen molar-refractivity contribution in [3.63, 3.8) is 0 Å². The summed E-state index contributed by atoms with van der Waals surface area (Å²) in [6.07, 6.45) is 0. The Labute approximate surface area is 109 Å². The van der Waals surface area contributed by atoms with Crippen LogP contribution in [-0.2, 0) is 9.47 Å². The lowest BCUT2D eigenvalue weighted by Gasteiger charge is -2.09. The van der Waals surface area contributed by atoms with E-state index in [-0.39, 0.29) is 11.1 Å². The summed E-state index contributed by atoms with van der Waals surface area (Å²) in [5.41, 5.74) is 6.61. The lowest BCUT2D eigenvalue weighted by Crippen LogP contribution is -2.11. The van der Waals surface area contributed by atoms with Crippen LogP contribution in [0.3, 0.4) is 0 Å². The fraction of sp³-hybridized carbons (Fsp3) is 0.143. The van der Waals surface area contributed by atoms with Crippen LogP contribution in [0, 0.1) is 0 Å². The highest BCUT2D eigenvalue weighted by Gasteiger charge is 2.19. The first kappa shape index (κ1) is 12.9. The van der Waals surface area contributed by atoms with E-state index in [9.17, 15) is 9.59 Å². The average molecular weight is 259 g/mol. The summed E-state index contributed by atoms with van der Waals surface area (Å²) in [7, 11) is 2.52. The number of carbonyl (C=O) groups excluding carboxylic acids is 2. The van der Waals surface area contributed by atoms with Crippen LogP contribution in [-0.4, -0.2) is 26.2 Å². The van der Waals surface area contributed by atoms with E-state index in [4.69, 9.17) is 5.73 Å². The van der Waals surface area contributed by atoms with Crippen molar-refractivity contribution in [1.82, 2.24) is 0 Å². The molecule has 5 heteroatoms. The second-order valence-electron chi connectivity index (χ2n) is 3.99. The SMILES string of the molecule is COC(=O)c1cc2ccc(N)cc2cc1C(=O)OC. The fourth-order valence-corrected chi connectivity index (χ4v) is 1.87. The Morgan fingerprint density at radius 1 is 0.895 bits per heavy atom. The quantitative estimate of drug-likeness (QED) is 0.659. The van der Waals surface area contributed by atoms with Gasteiger partial charge in [0.2, 0.25) is 0 Å². The molecule has 0 fully saturated rings. The molecule has 0 aliphatic heterocycles. The van der Waals surface area contributed by atoms with E-state index < -0.39 is 11.9 Å². The molecule has 0 atom stereocenters. The highest BCUT2D eigenvalue weighted by Crippen LogP contribution is 2.23. The number of benzene rings is 2. The summed E-state index contributed by atoms with van der Waals surface area (Å²) >= 11 is 0. The van der Waals surface area contributed by atoms with Crippen LogP contribution in [0.1, 0.15) is 20.7 Å². The van der Waals surface area contributed by atoms with Crippen LogP contribution in [0.5, 0.6) is 0 Å². The van der Waals surface area contributed by atoms with E-state index >= 15 is 0 Å². The van der Waals surface area contributed by atoms with Crippen molar-refractivity contribution in [2.45, 2.75) is 0 Å². The van der Waals surface area contributed by atoms with Gasteiger partial charge in [0.05, 0.1) is 25.3 Å². The van der Waals surface area contributed by atoms with Gasteiger partial charge in [-0.25, -0.2) is 9.59 Å². The fourth-order valence-electron chi connectivity index (χ4n) is 1.87. The zero-order valence-electron chi connectivity index (χ0n) is 10.6. The minimum atomic E-state index is -0.593. The lowest BCUT2D eigenvalue weighted by molar-refractivity contribution is 0.0555. The third kappa shape index (κ3) is 2.35. The molecule has 0 amide bonds. The highest BCUT2D eigenvalue weighted by molar-refractivity contribution is 6.07. The Hall–Kier alpha value is -2.56. The maximum Gasteiger partial charge on any atom is 0.338 e. The molecule has 2 rings (SSSR count). The Kier molecular flexibility index (Phi) is 3.37. The predicted octanol–water partition coefficient (Wildman–Crippen LogP) is 2.00. The van der Waals surface area contributed by atoms with Gasteiger partial charge in [-0.2, -0.15) is 0 Å². The zero-order chi connectivity index (χ0) is 14.0. The van der Waals surface area contributed by atoms with Crippen molar-refractivity contribution in [2.75, 3.05) is 20.0 Å². The predicted molar refractivity (Wildman–Crippen MR) is 71.0 cm³/mol. The molecule has 0 saturated carbocycles. The molecule has 2 N–H and O–H groups in total. The molecule has 0 aromatic heterocycles. The van der Waals surface area contributed by atoms with Crippen molar-refractivity contribution in [3.05, 3.63) is 41.5 Å². The zero-order valence-corrected chi connectivity index (χ0v) is 10.6. The first-order valence-corrected chi connectivity index (χ1v) is 5.56. The van der Waals surface area contributed by atoms with Gasteiger partial charge in [0, 0.05) is 5.69 Å². The molecule has 5 nitrogen and oxygen atoms in total. The molecule has 0 aliphatic carbocycles. The van der Waals surface area contributed by atoms with E-state index in [1.54, 1.807) is 30.3 Å². The number of hydrogen-bond donors (Lipinski definition) is 1. The normalized spacial score (nSPS) is 10.2. The molecular formula is C14H13NO4. The number of esters is 2. The van der Waals surface area contributed by atoms with Crippen molar-refractivity contribution in [2.24, 2.45) is 0 Å². The second-order valence-corrected chi connectivity index (χ2v) is 3.99. The van der Waals surface area contributed by atoms with E-state index in [0.29, 0.717) is 5.69 Å². The standard InChI is InChI=1S/C14H13NO4/c1-18-13(16)11-6-8-3-4-10(15)5-9(8)7-12(11)14(17)19-2/h3-7H,15H2,1-2H3. The number of carbonyl (C=O) groups is 2. The third-order valence-corrected chi connectivity index (χ3v) is 2.81. The summed E-state index contributed by atoms with van der Waals surface area (Å²) in [5, 5.41) is 1.55. The first-order chi connectivity index (χ1) is 9.06. The minimum Gasteiger partial charge on any atom is -0.465 e. The van der Waals surface area contributed by atoms with Crippen molar-refractivity contribution < 1.29 is 19.1 Å². The van der Waals surface area contributed by atoms with E-state index in [2.05, 4.69) is 9.47 Å². The van der Waals surface area contributed by atoms with Gasteiger partial charge < -0.3 is 15.2 Å². The molecule has 0 spiro atoms. The summed E-state index contributed by atoms with van der Waals surface area (Å²) < 4.78 is 9.35. The number of methoxy groups -OCH3 is 2. The first-order valence-electron chi connectivity index (χ1n) is 5.56. The molecule has 0 saturated heterocycles. The van der Waals surface area contributed by atoms with Crippen LogP contribution >= 0.6 is 0 Å². The van der Waals surface area contributed by atoms with E-state index in [1.165, 1.54) is 14.2 Å². The molecule has 0 bridgehead atoms. The van der Waals surface area contributed by atoms with E-state index in [0.717, 1.165) is 10.8 Å². The smallest absolute Gasteiger partial charge is 0.338 e. The Morgan fingerprint density at radius 2 is 1.42 bits per heavy atom. The highest BCUT2D eigenvalue weighted by atomic mass is 16.5. The summed E-state index contributed by atoms with van der Waals surface area (Å²) in [4.78, 5) is 23.4. The molecule has 98 valence electrons. The molecule has 2 aromatic carbocycles. The number of rotatable bonds is 2. The number of anilines is 1. The van der Waals surface area contributed by atoms with Gasteiger partial charge in [-0.1, -0.05) is 6.07 Å². The minimum absolute atomic E-state index is 0.160. The van der Waals surface area contributed by atoms with Gasteiger partial charge in [0.15, 0.2) is 0 Å². The van der Waals surface area contributed by atoms with Gasteiger partial charge in [0.25, 0.3) is 0 Å².